The Morgan fingerprint density at radius 1 is 1.10 bits per heavy atom. The van der Waals surface area contributed by atoms with E-state index in [1.165, 1.54) is 5.56 Å². The van der Waals surface area contributed by atoms with E-state index in [4.69, 9.17) is 27.4 Å². The van der Waals surface area contributed by atoms with Crippen molar-refractivity contribution in [1.82, 2.24) is 9.80 Å². The topological polar surface area (TPSA) is 51.0 Å². The molecule has 21 heavy (non-hydrogen) atoms. The van der Waals surface area contributed by atoms with Crippen LogP contribution >= 0.6 is 12.2 Å². The summed E-state index contributed by atoms with van der Waals surface area (Å²) in [5.41, 5.74) is 6.83. The Labute approximate surface area is 130 Å². The summed E-state index contributed by atoms with van der Waals surface area (Å²) in [4.78, 5) is 5.50. The molecule has 0 atom stereocenters. The van der Waals surface area contributed by atoms with Crippen LogP contribution < -0.4 is 15.2 Å². The third kappa shape index (κ3) is 3.84. The summed E-state index contributed by atoms with van der Waals surface area (Å²) in [6.07, 6.45) is 0.817. The summed E-state index contributed by atoms with van der Waals surface area (Å²) in [5, 5.41) is 0. The minimum atomic E-state index is 0.334. The number of benzene rings is 1. The molecule has 1 saturated heterocycles. The van der Waals surface area contributed by atoms with Crippen LogP contribution in [-0.2, 0) is 6.54 Å². The lowest BCUT2D eigenvalue weighted by molar-refractivity contribution is 0.129. The monoisotopic (exact) mass is 307 g/mol. The molecule has 0 radical (unpaired) electrons. The van der Waals surface area contributed by atoms with Crippen molar-refractivity contribution in [1.29, 1.82) is 0 Å². The summed E-state index contributed by atoms with van der Waals surface area (Å²) in [7, 11) is 0. The van der Waals surface area contributed by atoms with Crippen LogP contribution in [0.1, 0.15) is 12.0 Å². The van der Waals surface area contributed by atoms with Crippen molar-refractivity contribution in [2.24, 2.45) is 5.73 Å². The summed E-state index contributed by atoms with van der Waals surface area (Å²) >= 11 is 4.93. The molecule has 0 aliphatic carbocycles. The molecule has 2 aliphatic rings. The van der Waals surface area contributed by atoms with Crippen molar-refractivity contribution in [3.8, 4) is 11.5 Å². The normalized spacial score (nSPS) is 18.9. The number of hydrogen-bond donors (Lipinski definition) is 1. The van der Waals surface area contributed by atoms with Gasteiger partial charge in [-0.25, -0.2) is 0 Å². The Morgan fingerprint density at radius 2 is 1.81 bits per heavy atom. The van der Waals surface area contributed by atoms with E-state index in [2.05, 4.69) is 21.9 Å². The summed E-state index contributed by atoms with van der Waals surface area (Å²) < 4.78 is 10.8. The van der Waals surface area contributed by atoms with E-state index in [1.54, 1.807) is 0 Å². The van der Waals surface area contributed by atoms with Crippen LogP contribution in [0.2, 0.25) is 0 Å². The number of thiocarbonyl (C=S) groups is 1. The molecule has 0 saturated carbocycles. The van der Waals surface area contributed by atoms with Gasteiger partial charge in [0.15, 0.2) is 11.5 Å². The van der Waals surface area contributed by atoms with Gasteiger partial charge >= 0.3 is 0 Å². The quantitative estimate of drug-likeness (QED) is 0.825. The van der Waals surface area contributed by atoms with Crippen LogP contribution in [-0.4, -0.2) is 54.3 Å². The first kappa shape index (κ1) is 14.6. The lowest BCUT2D eigenvalue weighted by atomic mass is 10.1. The zero-order valence-corrected chi connectivity index (χ0v) is 12.9. The van der Waals surface area contributed by atoms with Gasteiger partial charge in [0.2, 0.25) is 6.79 Å². The third-order valence-corrected chi connectivity index (χ3v) is 4.19. The molecule has 0 bridgehead atoms. The molecule has 0 unspecified atom stereocenters. The Balaban J connectivity index is 1.48. The molecular formula is C15H21N3O2S. The number of rotatable bonds is 5. The Bertz CT molecular complexity index is 516. The SMILES string of the molecule is NC(=S)CCN1CCN(Cc2ccc3c(c2)OCO3)CC1. The van der Waals surface area contributed by atoms with E-state index in [0.29, 0.717) is 11.8 Å². The Morgan fingerprint density at radius 3 is 2.57 bits per heavy atom. The lowest BCUT2D eigenvalue weighted by Gasteiger charge is -2.34. The zero-order valence-electron chi connectivity index (χ0n) is 12.1. The van der Waals surface area contributed by atoms with Gasteiger partial charge in [-0.05, 0) is 17.7 Å². The molecule has 0 spiro atoms. The van der Waals surface area contributed by atoms with Gasteiger partial charge in [-0.3, -0.25) is 4.90 Å². The molecule has 2 aliphatic heterocycles. The van der Waals surface area contributed by atoms with Crippen molar-refractivity contribution < 1.29 is 9.47 Å². The maximum absolute atomic E-state index is 5.56. The Kier molecular flexibility index (Phi) is 4.57. The van der Waals surface area contributed by atoms with Crippen LogP contribution in [0, 0.1) is 0 Å². The van der Waals surface area contributed by atoms with E-state index in [-0.39, 0.29) is 0 Å². The standard InChI is InChI=1S/C15H21N3O2S/c16-15(21)3-4-17-5-7-18(8-6-17)10-12-1-2-13-14(9-12)20-11-19-13/h1-2,9H,3-8,10-11H2,(H2,16,21). The molecule has 2 heterocycles. The molecule has 0 amide bonds. The van der Waals surface area contributed by atoms with E-state index in [9.17, 15) is 0 Å². The van der Waals surface area contributed by atoms with Gasteiger partial charge < -0.3 is 20.1 Å². The molecule has 5 nitrogen and oxygen atoms in total. The van der Waals surface area contributed by atoms with Gasteiger partial charge in [0.1, 0.15) is 0 Å². The lowest BCUT2D eigenvalue weighted by Crippen LogP contribution is -2.46. The number of fused-ring (bicyclic) bond motifs is 1. The molecule has 1 fully saturated rings. The second-order valence-electron chi connectivity index (χ2n) is 5.52. The first-order chi connectivity index (χ1) is 10.2. The van der Waals surface area contributed by atoms with Gasteiger partial charge in [-0.1, -0.05) is 18.3 Å². The second-order valence-corrected chi connectivity index (χ2v) is 6.05. The average Bonchev–Trinajstić information content (AvgIpc) is 2.94. The van der Waals surface area contributed by atoms with Crippen molar-refractivity contribution >= 4 is 17.2 Å². The fourth-order valence-electron chi connectivity index (χ4n) is 2.74. The van der Waals surface area contributed by atoms with Gasteiger partial charge in [-0.2, -0.15) is 0 Å². The number of nitrogens with zero attached hydrogens (tertiary/aromatic N) is 2. The molecule has 1 aromatic carbocycles. The van der Waals surface area contributed by atoms with Gasteiger partial charge in [-0.15, -0.1) is 0 Å². The number of ether oxygens (including phenoxy) is 2. The van der Waals surface area contributed by atoms with Crippen LogP contribution in [0.25, 0.3) is 0 Å². The van der Waals surface area contributed by atoms with E-state index in [1.807, 2.05) is 6.07 Å². The van der Waals surface area contributed by atoms with Gasteiger partial charge in [0, 0.05) is 45.7 Å². The first-order valence-corrected chi connectivity index (χ1v) is 7.73. The highest BCUT2D eigenvalue weighted by Crippen LogP contribution is 2.32. The van der Waals surface area contributed by atoms with Crippen LogP contribution in [0.4, 0.5) is 0 Å². The number of piperazine rings is 1. The smallest absolute Gasteiger partial charge is 0.231 e. The largest absolute Gasteiger partial charge is 0.454 e. The third-order valence-electron chi connectivity index (χ3n) is 3.98. The van der Waals surface area contributed by atoms with Crippen LogP contribution in [0.15, 0.2) is 18.2 Å². The van der Waals surface area contributed by atoms with Crippen LogP contribution in [0.3, 0.4) is 0 Å². The summed E-state index contributed by atoms with van der Waals surface area (Å²) in [5.74, 6) is 1.71. The van der Waals surface area contributed by atoms with Gasteiger partial charge in [0.25, 0.3) is 0 Å². The number of hydrogen-bond acceptors (Lipinski definition) is 5. The zero-order chi connectivity index (χ0) is 14.7. The van der Waals surface area contributed by atoms with Crippen molar-refractivity contribution in [2.75, 3.05) is 39.5 Å². The van der Waals surface area contributed by atoms with E-state index < -0.39 is 0 Å². The minimum absolute atomic E-state index is 0.334. The summed E-state index contributed by atoms with van der Waals surface area (Å²) in [6.45, 7) is 6.57. The first-order valence-electron chi connectivity index (χ1n) is 7.32. The molecule has 1 aromatic rings. The molecule has 2 N–H and O–H groups in total. The maximum Gasteiger partial charge on any atom is 0.231 e. The maximum atomic E-state index is 5.56. The highest BCUT2D eigenvalue weighted by molar-refractivity contribution is 7.80. The minimum Gasteiger partial charge on any atom is -0.454 e. The predicted molar refractivity (Wildman–Crippen MR) is 85.7 cm³/mol. The molecule has 6 heteroatoms. The number of nitrogens with two attached hydrogens (primary N) is 1. The fourth-order valence-corrected chi connectivity index (χ4v) is 2.83. The molecule has 114 valence electrons. The fraction of sp³-hybridized carbons (Fsp3) is 0.533. The van der Waals surface area contributed by atoms with Crippen molar-refractivity contribution in [3.05, 3.63) is 23.8 Å². The van der Waals surface area contributed by atoms with Crippen molar-refractivity contribution in [2.45, 2.75) is 13.0 Å². The van der Waals surface area contributed by atoms with E-state index >= 15 is 0 Å². The van der Waals surface area contributed by atoms with E-state index in [0.717, 1.165) is 57.2 Å². The molecule has 0 aromatic heterocycles. The van der Waals surface area contributed by atoms with Crippen LogP contribution in [0.5, 0.6) is 11.5 Å². The van der Waals surface area contributed by atoms with Crippen molar-refractivity contribution in [3.63, 3.8) is 0 Å². The summed E-state index contributed by atoms with van der Waals surface area (Å²) in [6, 6.07) is 6.20. The molecular weight excluding hydrogens is 286 g/mol. The highest BCUT2D eigenvalue weighted by Gasteiger charge is 2.18. The Hall–Kier alpha value is -1.37. The van der Waals surface area contributed by atoms with Gasteiger partial charge in [0.05, 0.1) is 4.99 Å². The predicted octanol–water partition coefficient (Wildman–Crippen LogP) is 1.21. The highest BCUT2D eigenvalue weighted by atomic mass is 32.1. The molecule has 3 rings (SSSR count). The average molecular weight is 307 g/mol. The second kappa shape index (κ2) is 6.60.